The van der Waals surface area contributed by atoms with Crippen molar-refractivity contribution < 1.29 is 38.9 Å². The maximum absolute atomic E-state index is 13.7. The van der Waals surface area contributed by atoms with Crippen molar-refractivity contribution in [2.45, 2.75) is 69.7 Å². The van der Waals surface area contributed by atoms with Crippen molar-refractivity contribution in [3.63, 3.8) is 0 Å². The van der Waals surface area contributed by atoms with Crippen LogP contribution < -0.4 is 0 Å². The minimum atomic E-state index is -5.19. The van der Waals surface area contributed by atoms with Gasteiger partial charge in [-0.05, 0) is 45.2 Å². The third kappa shape index (κ3) is 4.59. The van der Waals surface area contributed by atoms with Crippen LogP contribution in [0.5, 0.6) is 0 Å². The molecule has 2 atom stereocenters. The van der Waals surface area contributed by atoms with Crippen LogP contribution in [0.4, 0.5) is 26.3 Å². The molecule has 27 heavy (non-hydrogen) atoms. The van der Waals surface area contributed by atoms with Gasteiger partial charge in [-0.3, -0.25) is 0 Å². The molecule has 0 spiro atoms. The quantitative estimate of drug-likeness (QED) is 0.454. The Bertz CT molecular complexity index is 768. The second-order valence-electron chi connectivity index (χ2n) is 7.03. The second-order valence-corrected chi connectivity index (χ2v) is 8.99. The Hall–Kier alpha value is -1.29. The molecule has 0 heterocycles. The first kappa shape index (κ1) is 23.7. The van der Waals surface area contributed by atoms with Crippen molar-refractivity contribution in [2.24, 2.45) is 0 Å². The van der Waals surface area contributed by atoms with Gasteiger partial charge >= 0.3 is 12.4 Å². The number of hydrogen-bond donors (Lipinski definition) is 0. The molecular weight excluding hydrogens is 398 g/mol. The van der Waals surface area contributed by atoms with E-state index in [1.807, 2.05) is 0 Å². The van der Waals surface area contributed by atoms with Crippen molar-refractivity contribution in [3.05, 3.63) is 35.4 Å². The molecule has 0 amide bonds. The lowest BCUT2D eigenvalue weighted by Crippen LogP contribution is -2.45. The van der Waals surface area contributed by atoms with Crippen LogP contribution in [0.1, 0.15) is 52.2 Å². The average Bonchev–Trinajstić information content (AvgIpc) is 2.51. The van der Waals surface area contributed by atoms with Gasteiger partial charge in [-0.15, -0.1) is 0 Å². The zero-order valence-electron chi connectivity index (χ0n) is 15.5. The molecule has 3 nitrogen and oxygen atoms in total. The Morgan fingerprint density at radius 1 is 0.963 bits per heavy atom. The highest BCUT2D eigenvalue weighted by Crippen LogP contribution is 2.46. The van der Waals surface area contributed by atoms with Crippen LogP contribution in [-0.4, -0.2) is 26.0 Å². The zero-order valence-corrected chi connectivity index (χ0v) is 16.3. The van der Waals surface area contributed by atoms with Crippen LogP contribution in [-0.2, 0) is 25.3 Å². The fourth-order valence-electron chi connectivity index (χ4n) is 2.15. The van der Waals surface area contributed by atoms with Gasteiger partial charge in [0.05, 0.1) is 10.7 Å². The maximum atomic E-state index is 13.7. The Kier molecular flexibility index (Phi) is 6.40. The molecule has 1 aromatic rings. The van der Waals surface area contributed by atoms with E-state index in [-0.39, 0.29) is 6.42 Å². The van der Waals surface area contributed by atoms with Crippen molar-refractivity contribution >= 4 is 10.1 Å². The predicted octanol–water partition coefficient (Wildman–Crippen LogP) is 5.45. The lowest BCUT2D eigenvalue weighted by atomic mass is 9.81. The van der Waals surface area contributed by atoms with Gasteiger partial charge in [-0.25, -0.2) is 4.18 Å². The van der Waals surface area contributed by atoms with Gasteiger partial charge in [-0.2, -0.15) is 34.8 Å². The topological polar surface area (TPSA) is 43.4 Å². The summed E-state index contributed by atoms with van der Waals surface area (Å²) < 4.78 is 110. The van der Waals surface area contributed by atoms with Crippen LogP contribution in [0, 0.1) is 0 Å². The highest BCUT2D eigenvalue weighted by molar-refractivity contribution is 7.87. The SMILES string of the molecule is CCC(C)S(=O)(=O)OC(C)(c1cccc(C(C)(C)C(F)(F)F)c1)C(F)(F)F. The molecule has 0 aliphatic heterocycles. The van der Waals surface area contributed by atoms with Crippen LogP contribution in [0.2, 0.25) is 0 Å². The van der Waals surface area contributed by atoms with E-state index in [1.54, 1.807) is 0 Å². The van der Waals surface area contributed by atoms with E-state index < -0.39 is 49.9 Å². The van der Waals surface area contributed by atoms with E-state index in [2.05, 4.69) is 4.18 Å². The third-order valence-corrected chi connectivity index (χ3v) is 6.62. The molecule has 0 aliphatic carbocycles. The number of halogens is 6. The fraction of sp³-hybridized carbons (Fsp3) is 0.647. The molecular formula is C17H22F6O3S. The summed E-state index contributed by atoms with van der Waals surface area (Å²) in [6, 6.07) is 3.64. The Balaban J connectivity index is 3.58. The molecule has 1 aromatic carbocycles. The summed E-state index contributed by atoms with van der Waals surface area (Å²) in [5, 5.41) is -1.21. The largest absolute Gasteiger partial charge is 0.422 e. The van der Waals surface area contributed by atoms with E-state index in [9.17, 15) is 34.8 Å². The lowest BCUT2D eigenvalue weighted by Gasteiger charge is -2.34. The Labute approximate surface area is 154 Å². The fourth-order valence-corrected chi connectivity index (χ4v) is 3.37. The summed E-state index contributed by atoms with van der Waals surface area (Å²) in [6.07, 6.45) is -9.89. The summed E-state index contributed by atoms with van der Waals surface area (Å²) in [4.78, 5) is 0. The van der Waals surface area contributed by atoms with Crippen molar-refractivity contribution in [2.75, 3.05) is 0 Å². The predicted molar refractivity (Wildman–Crippen MR) is 88.7 cm³/mol. The average molecular weight is 420 g/mol. The van der Waals surface area contributed by atoms with Gasteiger partial charge < -0.3 is 0 Å². The third-order valence-electron chi connectivity index (χ3n) is 4.74. The van der Waals surface area contributed by atoms with E-state index in [0.29, 0.717) is 13.0 Å². The molecule has 0 radical (unpaired) electrons. The highest BCUT2D eigenvalue weighted by Gasteiger charge is 2.57. The van der Waals surface area contributed by atoms with Gasteiger partial charge in [0.15, 0.2) is 0 Å². The zero-order chi connectivity index (χ0) is 21.5. The van der Waals surface area contributed by atoms with Crippen LogP contribution in [0.15, 0.2) is 24.3 Å². The molecule has 0 aliphatic rings. The molecule has 0 aromatic heterocycles. The number of rotatable bonds is 6. The van der Waals surface area contributed by atoms with Crippen LogP contribution >= 0.6 is 0 Å². The number of alkyl halides is 6. The molecule has 1 rings (SSSR count). The molecule has 0 fully saturated rings. The minimum absolute atomic E-state index is 0.0113. The van der Waals surface area contributed by atoms with Gasteiger partial charge in [0.1, 0.15) is 0 Å². The van der Waals surface area contributed by atoms with E-state index in [1.165, 1.54) is 13.8 Å². The van der Waals surface area contributed by atoms with Crippen molar-refractivity contribution in [1.82, 2.24) is 0 Å². The summed E-state index contributed by atoms with van der Waals surface area (Å²) >= 11 is 0. The maximum Gasteiger partial charge on any atom is 0.422 e. The molecule has 0 saturated carbocycles. The summed E-state index contributed by atoms with van der Waals surface area (Å²) in [6.45, 7) is 4.80. The Morgan fingerprint density at radius 3 is 1.85 bits per heavy atom. The van der Waals surface area contributed by atoms with Gasteiger partial charge in [0.25, 0.3) is 10.1 Å². The highest BCUT2D eigenvalue weighted by atomic mass is 32.2. The monoisotopic (exact) mass is 420 g/mol. The number of hydrogen-bond acceptors (Lipinski definition) is 3. The first-order chi connectivity index (χ1) is 11.9. The number of benzene rings is 1. The molecule has 2 unspecified atom stereocenters. The Morgan fingerprint density at radius 2 is 1.44 bits per heavy atom. The minimum Gasteiger partial charge on any atom is -0.249 e. The van der Waals surface area contributed by atoms with Crippen LogP contribution in [0.3, 0.4) is 0 Å². The summed E-state index contributed by atoms with van der Waals surface area (Å²) in [7, 11) is -4.62. The van der Waals surface area contributed by atoms with E-state index >= 15 is 0 Å². The summed E-state index contributed by atoms with van der Waals surface area (Å²) in [5.41, 5.74) is -6.93. The first-order valence-corrected chi connectivity index (χ1v) is 9.56. The molecule has 156 valence electrons. The van der Waals surface area contributed by atoms with E-state index in [4.69, 9.17) is 0 Å². The molecule has 0 N–H and O–H groups in total. The lowest BCUT2D eigenvalue weighted by molar-refractivity contribution is -0.246. The van der Waals surface area contributed by atoms with E-state index in [0.717, 1.165) is 32.0 Å². The van der Waals surface area contributed by atoms with Gasteiger partial charge in [0.2, 0.25) is 5.60 Å². The smallest absolute Gasteiger partial charge is 0.249 e. The van der Waals surface area contributed by atoms with Crippen molar-refractivity contribution in [3.8, 4) is 0 Å². The first-order valence-electron chi connectivity index (χ1n) is 8.09. The van der Waals surface area contributed by atoms with Gasteiger partial charge in [0, 0.05) is 0 Å². The normalized spacial score (nSPS) is 17.4. The van der Waals surface area contributed by atoms with Crippen LogP contribution in [0.25, 0.3) is 0 Å². The van der Waals surface area contributed by atoms with Crippen molar-refractivity contribution in [1.29, 1.82) is 0 Å². The van der Waals surface area contributed by atoms with Gasteiger partial charge in [-0.1, -0.05) is 31.2 Å². The summed E-state index contributed by atoms with van der Waals surface area (Å²) in [5.74, 6) is 0. The second kappa shape index (κ2) is 7.27. The molecule has 0 bridgehead atoms. The molecule has 10 heteroatoms. The molecule has 0 saturated heterocycles. The standard InChI is InChI=1S/C17H22F6O3S/c1-6-11(2)27(24,25)26-15(5,17(21,22)23)13-9-7-8-12(10-13)14(3,4)16(18,19)20/h7-11H,6H2,1-5H3.